The second-order valence-corrected chi connectivity index (χ2v) is 6.46. The minimum atomic E-state index is 0.303. The molecule has 1 aromatic carbocycles. The Balaban J connectivity index is 1.61. The molecule has 0 amide bonds. The maximum absolute atomic E-state index is 5.71. The molecule has 0 atom stereocenters. The molecule has 0 bridgehead atoms. The van der Waals surface area contributed by atoms with Crippen molar-refractivity contribution >= 4 is 31.9 Å². The highest BCUT2D eigenvalue weighted by Gasteiger charge is 2.08. The number of halogens is 2. The summed E-state index contributed by atoms with van der Waals surface area (Å²) in [6.07, 6.45) is 6.43. The fourth-order valence-electron chi connectivity index (χ4n) is 1.91. The first-order chi connectivity index (χ1) is 11.7. The molecule has 2 heterocycles. The van der Waals surface area contributed by atoms with Gasteiger partial charge >= 0.3 is 6.01 Å². The molecule has 0 saturated heterocycles. The van der Waals surface area contributed by atoms with Gasteiger partial charge < -0.3 is 9.47 Å². The van der Waals surface area contributed by atoms with Gasteiger partial charge in [-0.25, -0.2) is 19.9 Å². The van der Waals surface area contributed by atoms with Crippen molar-refractivity contribution in [2.75, 3.05) is 13.2 Å². The molecule has 3 aromatic rings. The van der Waals surface area contributed by atoms with E-state index >= 15 is 0 Å². The van der Waals surface area contributed by atoms with Gasteiger partial charge in [0.1, 0.15) is 19.5 Å². The van der Waals surface area contributed by atoms with Crippen molar-refractivity contribution in [3.8, 4) is 23.0 Å². The van der Waals surface area contributed by atoms with Gasteiger partial charge in [-0.05, 0) is 33.6 Å². The van der Waals surface area contributed by atoms with Crippen LogP contribution in [0.3, 0.4) is 0 Å². The fraction of sp³-hybridized carbons (Fsp3) is 0.125. The van der Waals surface area contributed by atoms with Crippen LogP contribution in [-0.4, -0.2) is 33.1 Å². The highest BCUT2D eigenvalue weighted by molar-refractivity contribution is 9.10. The largest absolute Gasteiger partial charge is 0.474 e. The highest BCUT2D eigenvalue weighted by atomic mass is 79.9. The van der Waals surface area contributed by atoms with Crippen molar-refractivity contribution in [3.05, 3.63) is 58.1 Å². The van der Waals surface area contributed by atoms with E-state index in [1.165, 1.54) is 6.33 Å². The van der Waals surface area contributed by atoms with Crippen molar-refractivity contribution in [3.63, 3.8) is 0 Å². The molecule has 24 heavy (non-hydrogen) atoms. The van der Waals surface area contributed by atoms with Crippen LogP contribution in [0.2, 0.25) is 0 Å². The zero-order valence-electron chi connectivity index (χ0n) is 12.4. The number of ether oxygens (including phenoxy) is 2. The quantitative estimate of drug-likeness (QED) is 0.529. The fourth-order valence-corrected chi connectivity index (χ4v) is 2.38. The Kier molecular flexibility index (Phi) is 5.71. The van der Waals surface area contributed by atoms with Gasteiger partial charge in [0.05, 0.1) is 10.0 Å². The summed E-state index contributed by atoms with van der Waals surface area (Å²) in [5, 5.41) is 0. The van der Waals surface area contributed by atoms with E-state index in [0.29, 0.717) is 25.1 Å². The standard InChI is InChI=1S/C16H12Br2N4O2/c17-12-3-1-11(2-4-12)14-9-19-10-22-15(14)23-5-6-24-16-20-7-13(18)8-21-16/h1-4,7-10H,5-6H2. The van der Waals surface area contributed by atoms with Crippen LogP contribution in [0.4, 0.5) is 0 Å². The maximum Gasteiger partial charge on any atom is 0.316 e. The smallest absolute Gasteiger partial charge is 0.316 e. The van der Waals surface area contributed by atoms with Gasteiger partial charge in [-0.1, -0.05) is 28.1 Å². The third kappa shape index (κ3) is 4.48. The molecule has 0 aliphatic carbocycles. The molecule has 3 rings (SSSR count). The average molecular weight is 452 g/mol. The predicted octanol–water partition coefficient (Wildman–Crippen LogP) is 3.92. The Morgan fingerprint density at radius 1 is 0.792 bits per heavy atom. The predicted molar refractivity (Wildman–Crippen MR) is 95.9 cm³/mol. The molecule has 0 radical (unpaired) electrons. The number of hydrogen-bond donors (Lipinski definition) is 0. The lowest BCUT2D eigenvalue weighted by Gasteiger charge is -2.10. The molecule has 0 fully saturated rings. The molecule has 2 aromatic heterocycles. The van der Waals surface area contributed by atoms with Crippen molar-refractivity contribution in [1.29, 1.82) is 0 Å². The zero-order valence-corrected chi connectivity index (χ0v) is 15.6. The Hall–Kier alpha value is -2.06. The molecule has 0 saturated carbocycles. The van der Waals surface area contributed by atoms with Gasteiger partial charge in [0, 0.05) is 23.1 Å². The van der Waals surface area contributed by atoms with E-state index in [9.17, 15) is 0 Å². The monoisotopic (exact) mass is 450 g/mol. The van der Waals surface area contributed by atoms with Crippen LogP contribution in [0.1, 0.15) is 0 Å². The molecule has 0 aliphatic rings. The number of hydrogen-bond acceptors (Lipinski definition) is 6. The van der Waals surface area contributed by atoms with Gasteiger partial charge in [-0.2, -0.15) is 0 Å². The number of rotatable bonds is 6. The lowest BCUT2D eigenvalue weighted by molar-refractivity contribution is 0.202. The second-order valence-electron chi connectivity index (χ2n) is 4.63. The van der Waals surface area contributed by atoms with Crippen molar-refractivity contribution < 1.29 is 9.47 Å². The van der Waals surface area contributed by atoms with Gasteiger partial charge in [-0.15, -0.1) is 0 Å². The lowest BCUT2D eigenvalue weighted by Crippen LogP contribution is -2.11. The molecule has 122 valence electrons. The first-order valence-corrected chi connectivity index (χ1v) is 8.60. The summed E-state index contributed by atoms with van der Waals surface area (Å²) in [6.45, 7) is 0.630. The Labute approximate surface area is 155 Å². The van der Waals surface area contributed by atoms with Gasteiger partial charge in [-0.3, -0.25) is 0 Å². The summed E-state index contributed by atoms with van der Waals surface area (Å²) < 4.78 is 12.9. The van der Waals surface area contributed by atoms with Crippen LogP contribution in [0, 0.1) is 0 Å². The van der Waals surface area contributed by atoms with Gasteiger partial charge in [0.15, 0.2) is 0 Å². The van der Waals surface area contributed by atoms with E-state index in [2.05, 4.69) is 51.8 Å². The number of benzene rings is 1. The highest BCUT2D eigenvalue weighted by Crippen LogP contribution is 2.27. The summed E-state index contributed by atoms with van der Waals surface area (Å²) in [5.41, 5.74) is 1.80. The van der Waals surface area contributed by atoms with Crippen LogP contribution < -0.4 is 9.47 Å². The molecular formula is C16H12Br2N4O2. The first-order valence-electron chi connectivity index (χ1n) is 7.01. The van der Waals surface area contributed by atoms with Crippen LogP contribution in [0.15, 0.2) is 58.1 Å². The van der Waals surface area contributed by atoms with E-state index in [1.807, 2.05) is 24.3 Å². The first kappa shape index (κ1) is 16.8. The molecule has 0 unspecified atom stereocenters. The number of nitrogens with zero attached hydrogens (tertiary/aromatic N) is 4. The summed E-state index contributed by atoms with van der Waals surface area (Å²) >= 11 is 6.69. The summed E-state index contributed by atoms with van der Waals surface area (Å²) in [6, 6.07) is 8.17. The van der Waals surface area contributed by atoms with Crippen molar-refractivity contribution in [2.45, 2.75) is 0 Å². The minimum absolute atomic E-state index is 0.303. The van der Waals surface area contributed by atoms with Crippen molar-refractivity contribution in [1.82, 2.24) is 19.9 Å². The normalized spacial score (nSPS) is 10.4. The molecule has 6 nitrogen and oxygen atoms in total. The summed E-state index contributed by atoms with van der Waals surface area (Å²) in [7, 11) is 0. The van der Waals surface area contributed by atoms with Crippen LogP contribution in [0.5, 0.6) is 11.9 Å². The Bertz CT molecular complexity index is 798. The zero-order chi connectivity index (χ0) is 16.8. The van der Waals surface area contributed by atoms with E-state index in [0.717, 1.165) is 20.1 Å². The van der Waals surface area contributed by atoms with Gasteiger partial charge in [0.25, 0.3) is 0 Å². The number of aromatic nitrogens is 4. The van der Waals surface area contributed by atoms with Crippen molar-refractivity contribution in [2.24, 2.45) is 0 Å². The van der Waals surface area contributed by atoms with E-state index in [1.54, 1.807) is 18.6 Å². The second kappa shape index (κ2) is 8.16. The van der Waals surface area contributed by atoms with E-state index in [-0.39, 0.29) is 0 Å². The Morgan fingerprint density at radius 2 is 1.50 bits per heavy atom. The molecule has 0 spiro atoms. The Morgan fingerprint density at radius 3 is 2.25 bits per heavy atom. The van der Waals surface area contributed by atoms with E-state index < -0.39 is 0 Å². The molecule has 8 heteroatoms. The van der Waals surface area contributed by atoms with Gasteiger partial charge in [0.2, 0.25) is 5.88 Å². The SMILES string of the molecule is Brc1ccc(-c2cncnc2OCCOc2ncc(Br)cn2)cc1. The third-order valence-electron chi connectivity index (χ3n) is 2.98. The third-order valence-corrected chi connectivity index (χ3v) is 3.92. The van der Waals surface area contributed by atoms with Crippen LogP contribution in [-0.2, 0) is 0 Å². The summed E-state index contributed by atoms with van der Waals surface area (Å²) in [5.74, 6) is 0.507. The minimum Gasteiger partial charge on any atom is -0.474 e. The van der Waals surface area contributed by atoms with Crippen LogP contribution >= 0.6 is 31.9 Å². The van der Waals surface area contributed by atoms with Crippen LogP contribution in [0.25, 0.3) is 11.1 Å². The molecule has 0 N–H and O–H groups in total. The molecule has 0 aliphatic heterocycles. The lowest BCUT2D eigenvalue weighted by atomic mass is 10.1. The van der Waals surface area contributed by atoms with E-state index in [4.69, 9.17) is 9.47 Å². The summed E-state index contributed by atoms with van der Waals surface area (Å²) in [4.78, 5) is 16.3. The average Bonchev–Trinajstić information content (AvgIpc) is 2.61. The maximum atomic E-state index is 5.71. The molecular weight excluding hydrogens is 440 g/mol. The topological polar surface area (TPSA) is 70.0 Å².